The Morgan fingerprint density at radius 1 is 1.19 bits per heavy atom. The van der Waals surface area contributed by atoms with Crippen LogP contribution in [0.25, 0.3) is 0 Å². The molecule has 0 spiro atoms. The van der Waals surface area contributed by atoms with Gasteiger partial charge in [-0.25, -0.2) is 8.42 Å². The fraction of sp³-hybridized carbons (Fsp3) is 0.455. The van der Waals surface area contributed by atoms with Crippen molar-refractivity contribution in [3.05, 3.63) is 35.9 Å². The van der Waals surface area contributed by atoms with Gasteiger partial charge < -0.3 is 5.32 Å². The van der Waals surface area contributed by atoms with Crippen molar-refractivity contribution in [2.45, 2.75) is 11.1 Å². The third kappa shape index (κ3) is 2.81. The molecular weight excluding hydrogens is 224 g/mol. The minimum atomic E-state index is -3.11. The zero-order valence-electron chi connectivity index (χ0n) is 9.02. The lowest BCUT2D eigenvalue weighted by atomic mass is 10.2. The molecule has 1 aliphatic rings. The van der Waals surface area contributed by atoms with Crippen LogP contribution in [0.3, 0.4) is 0 Å². The molecule has 1 atom stereocenters. The van der Waals surface area contributed by atoms with Crippen LogP contribution in [-0.4, -0.2) is 33.4 Å². The Bertz CT molecular complexity index is 425. The molecule has 1 heterocycles. The van der Waals surface area contributed by atoms with Gasteiger partial charge in [-0.1, -0.05) is 30.3 Å². The maximum atomic E-state index is 12.1. The minimum absolute atomic E-state index is 0.104. The maximum absolute atomic E-state index is 12.1. The second-order valence-electron chi connectivity index (χ2n) is 3.94. The van der Waals surface area contributed by atoms with E-state index in [1.54, 1.807) is 0 Å². The van der Waals surface area contributed by atoms with Gasteiger partial charge in [-0.05, 0) is 5.56 Å². The summed E-state index contributed by atoms with van der Waals surface area (Å²) in [5, 5.41) is 5.66. The molecule has 1 aromatic carbocycles. The summed E-state index contributed by atoms with van der Waals surface area (Å²) in [6.45, 7) is 2.03. The highest BCUT2D eigenvalue weighted by atomic mass is 32.2. The Morgan fingerprint density at radius 2 is 1.94 bits per heavy atom. The predicted molar refractivity (Wildman–Crippen MR) is 63.7 cm³/mol. The summed E-state index contributed by atoms with van der Waals surface area (Å²) in [5.41, 5.74) is 0.842. The molecule has 1 aromatic rings. The summed E-state index contributed by atoms with van der Waals surface area (Å²) in [6, 6.07) is 9.28. The molecule has 1 saturated heterocycles. The first-order valence-corrected chi connectivity index (χ1v) is 7.09. The highest BCUT2D eigenvalue weighted by molar-refractivity contribution is 7.91. The molecule has 4 nitrogen and oxygen atoms in total. The van der Waals surface area contributed by atoms with E-state index in [1.807, 2.05) is 30.3 Å². The van der Waals surface area contributed by atoms with Crippen LogP contribution < -0.4 is 10.6 Å². The third-order valence-electron chi connectivity index (χ3n) is 2.65. The number of nitrogens with one attached hydrogen (secondary N) is 2. The van der Waals surface area contributed by atoms with Gasteiger partial charge in [-0.2, -0.15) is 0 Å². The van der Waals surface area contributed by atoms with Crippen LogP contribution in [0.2, 0.25) is 0 Å². The van der Waals surface area contributed by atoms with E-state index in [0.717, 1.165) is 12.1 Å². The van der Waals surface area contributed by atoms with Crippen molar-refractivity contribution in [2.75, 3.05) is 19.6 Å². The highest BCUT2D eigenvalue weighted by Gasteiger charge is 2.26. The lowest BCUT2D eigenvalue weighted by Crippen LogP contribution is -2.52. The van der Waals surface area contributed by atoms with Crippen molar-refractivity contribution >= 4 is 9.84 Å². The van der Waals surface area contributed by atoms with Gasteiger partial charge in [0, 0.05) is 19.6 Å². The number of rotatable bonds is 3. The molecule has 0 bridgehead atoms. The molecule has 0 saturated carbocycles. The SMILES string of the molecule is O=S(=O)(Cc1ccccc1)C1CNCCN1. The van der Waals surface area contributed by atoms with Gasteiger partial charge in [0.25, 0.3) is 0 Å². The molecule has 1 fully saturated rings. The molecule has 0 aromatic heterocycles. The van der Waals surface area contributed by atoms with Crippen molar-refractivity contribution in [1.82, 2.24) is 10.6 Å². The molecular formula is C11H16N2O2S. The molecule has 0 amide bonds. The van der Waals surface area contributed by atoms with E-state index >= 15 is 0 Å². The van der Waals surface area contributed by atoms with Crippen LogP contribution >= 0.6 is 0 Å². The normalized spacial score (nSPS) is 21.9. The largest absolute Gasteiger partial charge is 0.313 e. The van der Waals surface area contributed by atoms with Crippen LogP contribution in [0.15, 0.2) is 30.3 Å². The van der Waals surface area contributed by atoms with Gasteiger partial charge in [-0.15, -0.1) is 0 Å². The number of hydrogen-bond acceptors (Lipinski definition) is 4. The zero-order chi connectivity index (χ0) is 11.4. The summed E-state index contributed by atoms with van der Waals surface area (Å²) in [6.07, 6.45) is 0. The molecule has 0 radical (unpaired) electrons. The van der Waals surface area contributed by atoms with Gasteiger partial charge in [-0.3, -0.25) is 5.32 Å². The monoisotopic (exact) mass is 240 g/mol. The van der Waals surface area contributed by atoms with Crippen molar-refractivity contribution in [3.8, 4) is 0 Å². The van der Waals surface area contributed by atoms with Gasteiger partial charge in [0.1, 0.15) is 5.37 Å². The van der Waals surface area contributed by atoms with E-state index < -0.39 is 15.2 Å². The van der Waals surface area contributed by atoms with E-state index in [9.17, 15) is 8.42 Å². The smallest absolute Gasteiger partial charge is 0.171 e. The second-order valence-corrected chi connectivity index (χ2v) is 6.12. The number of hydrogen-bond donors (Lipinski definition) is 2. The average Bonchev–Trinajstić information content (AvgIpc) is 2.31. The molecule has 2 rings (SSSR count). The summed E-state index contributed by atoms with van der Waals surface area (Å²) in [4.78, 5) is 0. The van der Waals surface area contributed by atoms with Gasteiger partial charge in [0.15, 0.2) is 9.84 Å². The zero-order valence-corrected chi connectivity index (χ0v) is 9.83. The maximum Gasteiger partial charge on any atom is 0.171 e. The summed E-state index contributed by atoms with van der Waals surface area (Å²) < 4.78 is 24.1. The van der Waals surface area contributed by atoms with Crippen molar-refractivity contribution in [1.29, 1.82) is 0 Å². The van der Waals surface area contributed by atoms with Crippen LogP contribution in [-0.2, 0) is 15.6 Å². The Kier molecular flexibility index (Phi) is 3.58. The number of sulfone groups is 1. The summed E-state index contributed by atoms with van der Waals surface area (Å²) in [5.74, 6) is 0.104. The topological polar surface area (TPSA) is 58.2 Å². The number of benzene rings is 1. The van der Waals surface area contributed by atoms with Crippen LogP contribution in [0, 0.1) is 0 Å². The fourth-order valence-electron chi connectivity index (χ4n) is 1.79. The van der Waals surface area contributed by atoms with Gasteiger partial charge >= 0.3 is 0 Å². The summed E-state index contributed by atoms with van der Waals surface area (Å²) in [7, 11) is -3.11. The van der Waals surface area contributed by atoms with Crippen molar-refractivity contribution in [3.63, 3.8) is 0 Å². The lowest BCUT2D eigenvalue weighted by Gasteiger charge is -2.24. The quantitative estimate of drug-likeness (QED) is 0.788. The fourth-order valence-corrected chi connectivity index (χ4v) is 3.39. The van der Waals surface area contributed by atoms with Crippen LogP contribution in [0.5, 0.6) is 0 Å². The Balaban J connectivity index is 2.08. The molecule has 0 aliphatic carbocycles. The van der Waals surface area contributed by atoms with Crippen LogP contribution in [0.1, 0.15) is 5.56 Å². The van der Waals surface area contributed by atoms with Crippen molar-refractivity contribution in [2.24, 2.45) is 0 Å². The summed E-state index contributed by atoms with van der Waals surface area (Å²) >= 11 is 0. The predicted octanol–water partition coefficient (Wildman–Crippen LogP) is 0.120. The van der Waals surface area contributed by atoms with E-state index in [1.165, 1.54) is 0 Å². The average molecular weight is 240 g/mol. The standard InChI is InChI=1S/C11H16N2O2S/c14-16(15,11-8-12-6-7-13-11)9-10-4-2-1-3-5-10/h1-5,11-13H,6-9H2. The van der Waals surface area contributed by atoms with E-state index in [-0.39, 0.29) is 5.75 Å². The first-order valence-electron chi connectivity index (χ1n) is 5.38. The molecule has 5 heteroatoms. The van der Waals surface area contributed by atoms with E-state index in [2.05, 4.69) is 10.6 Å². The minimum Gasteiger partial charge on any atom is -0.313 e. The second kappa shape index (κ2) is 4.95. The number of piperazine rings is 1. The molecule has 1 aliphatic heterocycles. The van der Waals surface area contributed by atoms with Gasteiger partial charge in [0.2, 0.25) is 0 Å². The Morgan fingerprint density at radius 3 is 2.56 bits per heavy atom. The molecule has 1 unspecified atom stereocenters. The first-order chi connectivity index (χ1) is 7.68. The van der Waals surface area contributed by atoms with Gasteiger partial charge in [0.05, 0.1) is 5.75 Å². The Labute approximate surface area is 96.0 Å². The third-order valence-corrected chi connectivity index (χ3v) is 4.58. The lowest BCUT2D eigenvalue weighted by molar-refractivity contribution is 0.474. The first kappa shape index (κ1) is 11.6. The van der Waals surface area contributed by atoms with E-state index in [0.29, 0.717) is 13.1 Å². The Hall–Kier alpha value is -0.910. The molecule has 16 heavy (non-hydrogen) atoms. The molecule has 2 N–H and O–H groups in total. The molecule has 88 valence electrons. The van der Waals surface area contributed by atoms with E-state index in [4.69, 9.17) is 0 Å². The van der Waals surface area contributed by atoms with Crippen LogP contribution in [0.4, 0.5) is 0 Å². The highest BCUT2D eigenvalue weighted by Crippen LogP contribution is 2.10. The van der Waals surface area contributed by atoms with Crippen molar-refractivity contribution < 1.29 is 8.42 Å².